The van der Waals surface area contributed by atoms with E-state index in [2.05, 4.69) is 0 Å². The van der Waals surface area contributed by atoms with Crippen LogP contribution in [0.1, 0.15) is 16.7 Å². The maximum atomic E-state index is 12.7. The zero-order chi connectivity index (χ0) is 23.2. The lowest BCUT2D eigenvalue weighted by Crippen LogP contribution is -2.02. The summed E-state index contributed by atoms with van der Waals surface area (Å²) in [5, 5.41) is 1.08. The monoisotopic (exact) mass is 508 g/mol. The van der Waals surface area contributed by atoms with Gasteiger partial charge in [0.2, 0.25) is 0 Å². The van der Waals surface area contributed by atoms with Crippen molar-refractivity contribution in [2.24, 2.45) is 0 Å². The summed E-state index contributed by atoms with van der Waals surface area (Å²) in [7, 11) is 2.20. The molecule has 0 saturated carbocycles. The maximum Gasteiger partial charge on any atom is 0.257 e. The SMILES string of the molecule is COc1cc(OC)c(/C=C/S(=O)(=O)Cc2ccc(OC)c(CP(=O)(Cl)Cl)c2)c(OC)c1. The molecule has 0 unspecified atom stereocenters. The Morgan fingerprint density at radius 2 is 1.48 bits per heavy atom. The van der Waals surface area contributed by atoms with E-state index in [4.69, 9.17) is 41.4 Å². The molecule has 2 aromatic carbocycles. The predicted molar refractivity (Wildman–Crippen MR) is 124 cm³/mol. The molecule has 0 aliphatic carbocycles. The molecule has 0 N–H and O–H groups in total. The number of methoxy groups -OCH3 is 4. The Kier molecular flexibility index (Phi) is 8.72. The van der Waals surface area contributed by atoms with Crippen molar-refractivity contribution in [3.63, 3.8) is 0 Å². The molecule has 0 heterocycles. The third-order valence-electron chi connectivity index (χ3n) is 4.26. The minimum Gasteiger partial charge on any atom is -0.496 e. The van der Waals surface area contributed by atoms with E-state index < -0.39 is 15.7 Å². The van der Waals surface area contributed by atoms with Crippen LogP contribution >= 0.6 is 28.3 Å². The first-order valence-electron chi connectivity index (χ1n) is 8.87. The van der Waals surface area contributed by atoms with Crippen molar-refractivity contribution in [1.29, 1.82) is 0 Å². The molecule has 31 heavy (non-hydrogen) atoms. The first-order chi connectivity index (χ1) is 14.5. The highest BCUT2D eigenvalue weighted by atomic mass is 35.9. The molecule has 11 heteroatoms. The molecule has 0 spiro atoms. The average molecular weight is 509 g/mol. The first-order valence-corrected chi connectivity index (χ1v) is 14.3. The van der Waals surface area contributed by atoms with Crippen molar-refractivity contribution in [2.75, 3.05) is 28.4 Å². The van der Waals surface area contributed by atoms with E-state index in [0.29, 0.717) is 39.7 Å². The molecule has 0 bridgehead atoms. The normalized spacial score (nSPS) is 12.1. The number of rotatable bonds is 10. The van der Waals surface area contributed by atoms with Gasteiger partial charge in [-0.3, -0.25) is 4.57 Å². The third-order valence-corrected chi connectivity index (χ3v) is 6.97. The van der Waals surface area contributed by atoms with E-state index in [1.165, 1.54) is 34.5 Å². The largest absolute Gasteiger partial charge is 0.496 e. The summed E-state index contributed by atoms with van der Waals surface area (Å²) in [5.41, 5.74) is 1.39. The summed E-state index contributed by atoms with van der Waals surface area (Å²) in [4.78, 5) is 0. The van der Waals surface area contributed by atoms with Gasteiger partial charge in [0.1, 0.15) is 23.0 Å². The van der Waals surface area contributed by atoms with Crippen LogP contribution in [0, 0.1) is 0 Å². The lowest BCUT2D eigenvalue weighted by molar-refractivity contribution is 0.374. The van der Waals surface area contributed by atoms with Crippen LogP contribution in [0.3, 0.4) is 0 Å². The lowest BCUT2D eigenvalue weighted by atomic mass is 10.1. The minimum atomic E-state index is -3.68. The maximum absolute atomic E-state index is 12.7. The van der Waals surface area contributed by atoms with Crippen LogP contribution in [0.25, 0.3) is 6.08 Å². The van der Waals surface area contributed by atoms with Crippen LogP contribution in [-0.2, 0) is 26.3 Å². The Hall–Kier alpha value is -1.86. The first kappa shape index (κ1) is 25.4. The van der Waals surface area contributed by atoms with E-state index in [1.54, 1.807) is 30.3 Å². The van der Waals surface area contributed by atoms with E-state index in [1.807, 2.05) is 0 Å². The second kappa shape index (κ2) is 10.6. The summed E-state index contributed by atoms with van der Waals surface area (Å²) in [6, 6.07) is 8.01. The van der Waals surface area contributed by atoms with Gasteiger partial charge in [0.05, 0.1) is 45.9 Å². The third kappa shape index (κ3) is 7.35. The van der Waals surface area contributed by atoms with Crippen molar-refractivity contribution in [3.8, 4) is 23.0 Å². The summed E-state index contributed by atoms with van der Waals surface area (Å²) in [6.07, 6.45) is 1.27. The van der Waals surface area contributed by atoms with Gasteiger partial charge in [-0.25, -0.2) is 8.42 Å². The van der Waals surface area contributed by atoms with E-state index in [9.17, 15) is 13.0 Å². The van der Waals surface area contributed by atoms with Crippen LogP contribution in [0.4, 0.5) is 0 Å². The molecule has 0 aliphatic heterocycles. The Labute approximate surface area is 191 Å². The molecule has 0 atom stereocenters. The Morgan fingerprint density at radius 1 is 0.903 bits per heavy atom. The molecule has 0 aliphatic rings. The highest BCUT2D eigenvalue weighted by Gasteiger charge is 2.19. The number of ether oxygens (including phenoxy) is 4. The van der Waals surface area contributed by atoms with Gasteiger partial charge in [0.15, 0.2) is 9.84 Å². The number of benzene rings is 2. The topological polar surface area (TPSA) is 88.1 Å². The van der Waals surface area contributed by atoms with Gasteiger partial charge in [-0.1, -0.05) is 12.1 Å². The molecule has 2 aromatic rings. The molecular formula is C20H23Cl2O7PS. The Balaban J connectivity index is 2.35. The van der Waals surface area contributed by atoms with Gasteiger partial charge >= 0.3 is 0 Å². The summed E-state index contributed by atoms with van der Waals surface area (Å²) >= 11 is 11.4. The van der Waals surface area contributed by atoms with Crippen molar-refractivity contribution in [3.05, 3.63) is 52.4 Å². The molecule has 2 rings (SSSR count). The molecular weight excluding hydrogens is 486 g/mol. The summed E-state index contributed by atoms with van der Waals surface area (Å²) < 4.78 is 58.3. The number of sulfone groups is 1. The second-order valence-corrected chi connectivity index (χ2v) is 13.6. The molecule has 170 valence electrons. The predicted octanol–water partition coefficient (Wildman–Crippen LogP) is 5.48. The molecule has 0 amide bonds. The van der Waals surface area contributed by atoms with Crippen molar-refractivity contribution >= 4 is 44.2 Å². The van der Waals surface area contributed by atoms with Crippen molar-refractivity contribution in [2.45, 2.75) is 11.9 Å². The lowest BCUT2D eigenvalue weighted by Gasteiger charge is -2.13. The highest BCUT2D eigenvalue weighted by Crippen LogP contribution is 2.60. The van der Waals surface area contributed by atoms with Crippen molar-refractivity contribution in [1.82, 2.24) is 0 Å². The second-order valence-electron chi connectivity index (χ2n) is 6.43. The van der Waals surface area contributed by atoms with Crippen molar-refractivity contribution < 1.29 is 31.9 Å². The molecule has 0 fully saturated rings. The van der Waals surface area contributed by atoms with Gasteiger partial charge < -0.3 is 18.9 Å². The minimum absolute atomic E-state index is 0.136. The number of halogens is 2. The Morgan fingerprint density at radius 3 is 1.97 bits per heavy atom. The van der Waals surface area contributed by atoms with Crippen LogP contribution in [-0.4, -0.2) is 36.9 Å². The van der Waals surface area contributed by atoms with Gasteiger partial charge in [-0.15, -0.1) is 0 Å². The van der Waals surface area contributed by atoms with E-state index >= 15 is 0 Å². The zero-order valence-electron chi connectivity index (χ0n) is 17.4. The fourth-order valence-corrected chi connectivity index (χ4v) is 5.39. The smallest absolute Gasteiger partial charge is 0.257 e. The average Bonchev–Trinajstić information content (AvgIpc) is 2.70. The summed E-state index contributed by atoms with van der Waals surface area (Å²) in [5.74, 6) is -1.98. The molecule has 0 saturated heterocycles. The van der Waals surface area contributed by atoms with E-state index in [-0.39, 0.29) is 11.9 Å². The molecule has 0 radical (unpaired) electrons. The van der Waals surface area contributed by atoms with E-state index in [0.717, 1.165) is 5.41 Å². The Bertz CT molecular complexity index is 1090. The summed E-state index contributed by atoms with van der Waals surface area (Å²) in [6.45, 7) is 0. The number of hydrogen-bond donors (Lipinski definition) is 0. The fourth-order valence-electron chi connectivity index (χ4n) is 2.89. The van der Waals surface area contributed by atoms with Crippen LogP contribution in [0.2, 0.25) is 0 Å². The van der Waals surface area contributed by atoms with Crippen LogP contribution in [0.15, 0.2) is 35.7 Å². The number of hydrogen-bond acceptors (Lipinski definition) is 7. The van der Waals surface area contributed by atoms with Crippen LogP contribution in [0.5, 0.6) is 23.0 Å². The molecule has 7 nitrogen and oxygen atoms in total. The van der Waals surface area contributed by atoms with Gasteiger partial charge in [0, 0.05) is 23.1 Å². The standard InChI is InChI=1S/C20H23Cl2O7PS/c1-26-16-10-19(28-3)17(20(11-16)29-4)7-8-31(24,25)13-14-5-6-18(27-2)15(9-14)12-30(21,22)23/h5-11H,12-13H2,1-4H3/b8-7+. The highest BCUT2D eigenvalue weighted by molar-refractivity contribution is 8.08. The quantitative estimate of drug-likeness (QED) is 0.392. The fraction of sp³-hybridized carbons (Fsp3) is 0.300. The van der Waals surface area contributed by atoms with Gasteiger partial charge in [0.25, 0.3) is 5.85 Å². The van der Waals surface area contributed by atoms with Gasteiger partial charge in [-0.05, 0) is 40.2 Å². The molecule has 0 aromatic heterocycles. The van der Waals surface area contributed by atoms with Crippen LogP contribution < -0.4 is 18.9 Å². The zero-order valence-corrected chi connectivity index (χ0v) is 20.6. The van der Waals surface area contributed by atoms with Gasteiger partial charge in [-0.2, -0.15) is 0 Å².